The average molecular weight is 325 g/mol. The molecule has 0 aromatic heterocycles. The first-order valence-electron chi connectivity index (χ1n) is 9.03. The highest BCUT2D eigenvalue weighted by Crippen LogP contribution is 2.37. The topological polar surface area (TPSA) is 40.6 Å². The molecule has 0 saturated carbocycles. The number of hydrogen-bond acceptors (Lipinski definition) is 3. The zero-order valence-corrected chi connectivity index (χ0v) is 16.2. The smallest absolute Gasteiger partial charge is 0.228 e. The number of amides is 1. The maximum atomic E-state index is 12.9. The van der Waals surface area contributed by atoms with E-state index in [1.54, 1.807) is 0 Å². The summed E-state index contributed by atoms with van der Waals surface area (Å²) < 4.78 is 0. The highest BCUT2D eigenvalue weighted by Gasteiger charge is 2.37. The SMILES string of the molecule is CCC(C)(C)CC(C)(C)C(=O)N1CCN(CC(=O)C(C)C)CC1. The van der Waals surface area contributed by atoms with Crippen molar-refractivity contribution in [3.05, 3.63) is 0 Å². The molecule has 1 rings (SSSR count). The molecule has 0 aromatic rings. The maximum Gasteiger partial charge on any atom is 0.228 e. The van der Waals surface area contributed by atoms with Crippen LogP contribution in [0.25, 0.3) is 0 Å². The first kappa shape index (κ1) is 20.1. The van der Waals surface area contributed by atoms with Gasteiger partial charge >= 0.3 is 0 Å². The Labute approximate surface area is 142 Å². The molecule has 0 N–H and O–H groups in total. The number of carbonyl (C=O) groups is 2. The molecule has 0 unspecified atom stereocenters. The second-order valence-electron chi connectivity index (χ2n) is 8.77. The summed E-state index contributed by atoms with van der Waals surface area (Å²) in [4.78, 5) is 28.9. The van der Waals surface area contributed by atoms with Gasteiger partial charge in [-0.15, -0.1) is 0 Å². The Morgan fingerprint density at radius 3 is 1.96 bits per heavy atom. The van der Waals surface area contributed by atoms with Gasteiger partial charge in [0.1, 0.15) is 5.78 Å². The zero-order chi connectivity index (χ0) is 17.8. The van der Waals surface area contributed by atoms with Crippen molar-refractivity contribution in [3.8, 4) is 0 Å². The summed E-state index contributed by atoms with van der Waals surface area (Å²) in [6.07, 6.45) is 1.98. The van der Waals surface area contributed by atoms with E-state index in [9.17, 15) is 9.59 Å². The number of ketones is 1. The van der Waals surface area contributed by atoms with Crippen LogP contribution in [0, 0.1) is 16.7 Å². The Morgan fingerprint density at radius 2 is 1.52 bits per heavy atom. The van der Waals surface area contributed by atoms with E-state index in [0.717, 1.165) is 39.0 Å². The quantitative estimate of drug-likeness (QED) is 0.722. The molecule has 0 atom stereocenters. The molecule has 1 amide bonds. The van der Waals surface area contributed by atoms with Gasteiger partial charge in [-0.2, -0.15) is 0 Å². The molecule has 134 valence electrons. The third kappa shape index (κ3) is 5.91. The van der Waals surface area contributed by atoms with Crippen molar-refractivity contribution in [2.45, 2.75) is 61.3 Å². The van der Waals surface area contributed by atoms with E-state index >= 15 is 0 Å². The van der Waals surface area contributed by atoms with Crippen LogP contribution < -0.4 is 0 Å². The van der Waals surface area contributed by atoms with E-state index in [2.05, 4.69) is 39.5 Å². The second kappa shape index (κ2) is 7.78. The van der Waals surface area contributed by atoms with Crippen LogP contribution in [0.1, 0.15) is 61.3 Å². The molecule has 0 bridgehead atoms. The number of Topliss-reactive ketones (excluding diaryl/α,β-unsaturated/α-hetero) is 1. The molecule has 1 aliphatic rings. The summed E-state index contributed by atoms with van der Waals surface area (Å²) in [5.74, 6) is 0.633. The molecule has 0 radical (unpaired) electrons. The van der Waals surface area contributed by atoms with Gasteiger partial charge in [0.25, 0.3) is 0 Å². The van der Waals surface area contributed by atoms with Crippen LogP contribution in [-0.4, -0.2) is 54.2 Å². The molecule has 0 aliphatic carbocycles. The van der Waals surface area contributed by atoms with Gasteiger partial charge in [0, 0.05) is 37.5 Å². The molecule has 1 aliphatic heterocycles. The van der Waals surface area contributed by atoms with E-state index in [4.69, 9.17) is 0 Å². The van der Waals surface area contributed by atoms with Gasteiger partial charge in [0.15, 0.2) is 0 Å². The number of hydrogen-bond donors (Lipinski definition) is 0. The molecule has 0 aromatic carbocycles. The van der Waals surface area contributed by atoms with Crippen LogP contribution in [0.3, 0.4) is 0 Å². The third-order valence-electron chi connectivity index (χ3n) is 5.14. The van der Waals surface area contributed by atoms with E-state index < -0.39 is 0 Å². The van der Waals surface area contributed by atoms with Gasteiger partial charge in [-0.1, -0.05) is 54.9 Å². The van der Waals surface area contributed by atoms with Crippen LogP contribution >= 0.6 is 0 Å². The van der Waals surface area contributed by atoms with E-state index in [1.807, 2.05) is 18.7 Å². The number of piperazine rings is 1. The third-order valence-corrected chi connectivity index (χ3v) is 5.14. The van der Waals surface area contributed by atoms with Crippen molar-refractivity contribution < 1.29 is 9.59 Å². The zero-order valence-electron chi connectivity index (χ0n) is 16.2. The molecule has 4 heteroatoms. The van der Waals surface area contributed by atoms with Gasteiger partial charge < -0.3 is 4.90 Å². The van der Waals surface area contributed by atoms with E-state index in [-0.39, 0.29) is 28.4 Å². The molecular formula is C19H36N2O2. The van der Waals surface area contributed by atoms with Crippen molar-refractivity contribution in [2.75, 3.05) is 32.7 Å². The minimum absolute atomic E-state index is 0.0878. The molecule has 1 saturated heterocycles. The minimum Gasteiger partial charge on any atom is -0.340 e. The van der Waals surface area contributed by atoms with Crippen LogP contribution in [0.15, 0.2) is 0 Å². The van der Waals surface area contributed by atoms with Crippen LogP contribution in [0.2, 0.25) is 0 Å². The monoisotopic (exact) mass is 324 g/mol. The predicted molar refractivity (Wildman–Crippen MR) is 95.3 cm³/mol. The van der Waals surface area contributed by atoms with Crippen LogP contribution in [0.4, 0.5) is 0 Å². The fraction of sp³-hybridized carbons (Fsp3) is 0.895. The fourth-order valence-electron chi connectivity index (χ4n) is 3.34. The predicted octanol–water partition coefficient (Wildman–Crippen LogP) is 3.21. The first-order valence-corrected chi connectivity index (χ1v) is 9.03. The van der Waals surface area contributed by atoms with Gasteiger partial charge in [0.2, 0.25) is 5.91 Å². The lowest BCUT2D eigenvalue weighted by Gasteiger charge is -2.40. The molecule has 1 fully saturated rings. The Kier molecular flexibility index (Phi) is 6.81. The molecule has 4 nitrogen and oxygen atoms in total. The highest BCUT2D eigenvalue weighted by atomic mass is 16.2. The van der Waals surface area contributed by atoms with E-state index in [0.29, 0.717) is 6.54 Å². The van der Waals surface area contributed by atoms with Crippen molar-refractivity contribution in [2.24, 2.45) is 16.7 Å². The minimum atomic E-state index is -0.324. The normalized spacial score (nSPS) is 17.7. The summed E-state index contributed by atoms with van der Waals surface area (Å²) in [7, 11) is 0. The summed E-state index contributed by atoms with van der Waals surface area (Å²) in [6.45, 7) is 18.3. The summed E-state index contributed by atoms with van der Waals surface area (Å²) in [6, 6.07) is 0. The Bertz CT molecular complexity index is 419. The molecular weight excluding hydrogens is 288 g/mol. The molecule has 0 spiro atoms. The summed E-state index contributed by atoms with van der Waals surface area (Å²) >= 11 is 0. The Morgan fingerprint density at radius 1 is 1.00 bits per heavy atom. The first-order chi connectivity index (χ1) is 10.5. The van der Waals surface area contributed by atoms with Crippen molar-refractivity contribution in [1.82, 2.24) is 9.80 Å². The molecule has 23 heavy (non-hydrogen) atoms. The Hall–Kier alpha value is -0.900. The lowest BCUT2D eigenvalue weighted by molar-refractivity contribution is -0.144. The van der Waals surface area contributed by atoms with Crippen molar-refractivity contribution in [3.63, 3.8) is 0 Å². The van der Waals surface area contributed by atoms with Gasteiger partial charge in [-0.3, -0.25) is 14.5 Å². The Balaban J connectivity index is 2.56. The van der Waals surface area contributed by atoms with Gasteiger partial charge in [-0.05, 0) is 11.8 Å². The van der Waals surface area contributed by atoms with Gasteiger partial charge in [-0.25, -0.2) is 0 Å². The molecule has 1 heterocycles. The fourth-order valence-corrected chi connectivity index (χ4v) is 3.34. The average Bonchev–Trinajstić information content (AvgIpc) is 2.46. The van der Waals surface area contributed by atoms with Crippen LogP contribution in [-0.2, 0) is 9.59 Å². The van der Waals surface area contributed by atoms with Crippen molar-refractivity contribution >= 4 is 11.7 Å². The number of nitrogens with zero attached hydrogens (tertiary/aromatic N) is 2. The number of rotatable bonds is 7. The largest absolute Gasteiger partial charge is 0.340 e. The summed E-state index contributed by atoms with van der Waals surface area (Å²) in [5, 5.41) is 0. The summed E-state index contributed by atoms with van der Waals surface area (Å²) in [5.41, 5.74) is -0.139. The lowest BCUT2D eigenvalue weighted by Crippen LogP contribution is -2.53. The van der Waals surface area contributed by atoms with E-state index in [1.165, 1.54) is 0 Å². The van der Waals surface area contributed by atoms with Gasteiger partial charge in [0.05, 0.1) is 6.54 Å². The maximum absolute atomic E-state index is 12.9. The van der Waals surface area contributed by atoms with Crippen molar-refractivity contribution in [1.29, 1.82) is 0 Å². The standard InChI is InChI=1S/C19H36N2O2/c1-8-18(4,5)14-19(6,7)17(23)21-11-9-20(10-12-21)13-16(22)15(2)3/h15H,8-14H2,1-7H3. The van der Waals surface area contributed by atoms with Crippen LogP contribution in [0.5, 0.6) is 0 Å². The lowest BCUT2D eigenvalue weighted by atomic mass is 9.73. The second-order valence-corrected chi connectivity index (χ2v) is 8.77. The number of carbonyl (C=O) groups excluding carboxylic acids is 2. The highest BCUT2D eigenvalue weighted by molar-refractivity contribution is 5.83.